The second-order valence-corrected chi connectivity index (χ2v) is 5.81. The predicted molar refractivity (Wildman–Crippen MR) is 86.4 cm³/mol. The van der Waals surface area contributed by atoms with Gasteiger partial charge in [0, 0.05) is 5.69 Å². The summed E-state index contributed by atoms with van der Waals surface area (Å²) in [5, 5.41) is 3.10. The van der Waals surface area contributed by atoms with E-state index in [0.717, 1.165) is 36.9 Å². The highest BCUT2D eigenvalue weighted by molar-refractivity contribution is 5.99. The largest absolute Gasteiger partial charge is 0.325 e. The van der Waals surface area contributed by atoms with Crippen molar-refractivity contribution in [1.29, 1.82) is 0 Å². The van der Waals surface area contributed by atoms with Gasteiger partial charge in [0.05, 0.1) is 5.41 Å². The maximum atomic E-state index is 12.8. The molecule has 0 bridgehead atoms. The van der Waals surface area contributed by atoms with Gasteiger partial charge in [-0.25, -0.2) is 0 Å². The van der Waals surface area contributed by atoms with Crippen molar-refractivity contribution in [1.82, 2.24) is 0 Å². The molecule has 1 fully saturated rings. The van der Waals surface area contributed by atoms with Gasteiger partial charge in [0.1, 0.15) is 0 Å². The molecule has 3 rings (SSSR count). The van der Waals surface area contributed by atoms with Crippen LogP contribution in [0.5, 0.6) is 0 Å². The van der Waals surface area contributed by atoms with Gasteiger partial charge >= 0.3 is 0 Å². The van der Waals surface area contributed by atoms with Crippen molar-refractivity contribution in [3.05, 3.63) is 65.7 Å². The fraction of sp³-hybridized carbons (Fsp3) is 0.316. The fourth-order valence-corrected chi connectivity index (χ4v) is 3.01. The van der Waals surface area contributed by atoms with Gasteiger partial charge in [-0.15, -0.1) is 0 Å². The third kappa shape index (κ3) is 2.58. The molecule has 21 heavy (non-hydrogen) atoms. The molecule has 0 aromatic heterocycles. The standard InChI is InChI=1S/C19H21NO/c1-2-15-9-11-17(12-10-15)20-18(21)19(13-6-14-19)16-7-4-3-5-8-16/h3-5,7-12H,2,6,13-14H2,1H3,(H,20,21). The van der Waals surface area contributed by atoms with Gasteiger partial charge in [-0.3, -0.25) is 4.79 Å². The van der Waals surface area contributed by atoms with E-state index in [1.807, 2.05) is 30.3 Å². The first kappa shape index (κ1) is 13.9. The highest BCUT2D eigenvalue weighted by atomic mass is 16.2. The van der Waals surface area contributed by atoms with Crippen molar-refractivity contribution >= 4 is 11.6 Å². The quantitative estimate of drug-likeness (QED) is 0.887. The highest BCUT2D eigenvalue weighted by Crippen LogP contribution is 2.44. The van der Waals surface area contributed by atoms with Crippen molar-refractivity contribution < 1.29 is 4.79 Å². The molecule has 1 saturated carbocycles. The molecule has 0 saturated heterocycles. The summed E-state index contributed by atoms with van der Waals surface area (Å²) in [6.45, 7) is 2.13. The zero-order valence-corrected chi connectivity index (χ0v) is 12.4. The second-order valence-electron chi connectivity index (χ2n) is 5.81. The van der Waals surface area contributed by atoms with E-state index >= 15 is 0 Å². The van der Waals surface area contributed by atoms with Crippen LogP contribution in [-0.4, -0.2) is 5.91 Å². The van der Waals surface area contributed by atoms with Crippen molar-refractivity contribution in [2.45, 2.75) is 38.0 Å². The maximum absolute atomic E-state index is 12.8. The number of aryl methyl sites for hydroxylation is 1. The van der Waals surface area contributed by atoms with Crippen molar-refractivity contribution in [2.24, 2.45) is 0 Å². The zero-order chi connectivity index (χ0) is 14.7. The summed E-state index contributed by atoms with van der Waals surface area (Å²) in [4.78, 5) is 12.8. The van der Waals surface area contributed by atoms with Gasteiger partial charge in [0.25, 0.3) is 0 Å². The summed E-state index contributed by atoms with van der Waals surface area (Å²) in [6.07, 6.45) is 4.02. The average Bonchev–Trinajstić information content (AvgIpc) is 2.48. The minimum absolute atomic E-state index is 0.129. The molecular formula is C19H21NO. The normalized spacial score (nSPS) is 16.0. The Kier molecular flexibility index (Phi) is 3.78. The molecule has 0 radical (unpaired) electrons. The van der Waals surface area contributed by atoms with Crippen molar-refractivity contribution in [2.75, 3.05) is 5.32 Å². The molecule has 1 N–H and O–H groups in total. The second kappa shape index (κ2) is 5.72. The Morgan fingerprint density at radius 3 is 2.24 bits per heavy atom. The molecule has 0 spiro atoms. The molecule has 0 atom stereocenters. The smallest absolute Gasteiger partial charge is 0.235 e. The van der Waals surface area contributed by atoms with Crippen LogP contribution in [0, 0.1) is 0 Å². The molecule has 1 aliphatic rings. The first-order chi connectivity index (χ1) is 10.2. The lowest BCUT2D eigenvalue weighted by atomic mass is 9.64. The van der Waals surface area contributed by atoms with Gasteiger partial charge < -0.3 is 5.32 Å². The maximum Gasteiger partial charge on any atom is 0.235 e. The van der Waals surface area contributed by atoms with Crippen LogP contribution in [0.1, 0.15) is 37.3 Å². The van der Waals surface area contributed by atoms with Crippen LogP contribution in [0.15, 0.2) is 54.6 Å². The van der Waals surface area contributed by atoms with Crippen molar-refractivity contribution in [3.63, 3.8) is 0 Å². The molecule has 2 nitrogen and oxygen atoms in total. The predicted octanol–water partition coefficient (Wildman–Crippen LogP) is 4.31. The molecule has 0 heterocycles. The van der Waals surface area contributed by atoms with Crippen LogP contribution in [0.2, 0.25) is 0 Å². The summed E-state index contributed by atoms with van der Waals surface area (Å²) in [6, 6.07) is 18.3. The topological polar surface area (TPSA) is 29.1 Å². The first-order valence-electron chi connectivity index (χ1n) is 7.70. The van der Waals surface area contributed by atoms with E-state index in [0.29, 0.717) is 0 Å². The Morgan fingerprint density at radius 2 is 1.71 bits per heavy atom. The fourth-order valence-electron chi connectivity index (χ4n) is 3.01. The number of hydrogen-bond donors (Lipinski definition) is 1. The van der Waals surface area contributed by atoms with E-state index in [-0.39, 0.29) is 11.3 Å². The minimum Gasteiger partial charge on any atom is -0.325 e. The molecule has 0 aliphatic heterocycles. The summed E-state index contributed by atoms with van der Waals surface area (Å²) in [5.41, 5.74) is 2.98. The lowest BCUT2D eigenvalue weighted by molar-refractivity contribution is -0.124. The Balaban J connectivity index is 1.80. The van der Waals surface area contributed by atoms with Gasteiger partial charge in [0.2, 0.25) is 5.91 Å². The van der Waals surface area contributed by atoms with Gasteiger partial charge in [-0.2, -0.15) is 0 Å². The molecule has 1 amide bonds. The summed E-state index contributed by atoms with van der Waals surface area (Å²) in [7, 11) is 0. The van der Waals surface area contributed by atoms with E-state index in [2.05, 4.69) is 36.5 Å². The molecular weight excluding hydrogens is 258 g/mol. The van der Waals surface area contributed by atoms with E-state index < -0.39 is 0 Å². The summed E-state index contributed by atoms with van der Waals surface area (Å²) in [5.74, 6) is 0.129. The van der Waals surface area contributed by atoms with Crippen LogP contribution < -0.4 is 5.32 Å². The van der Waals surface area contributed by atoms with E-state index in [9.17, 15) is 4.79 Å². The van der Waals surface area contributed by atoms with Gasteiger partial charge in [-0.1, -0.05) is 55.8 Å². The number of anilines is 1. The van der Waals surface area contributed by atoms with Crippen LogP contribution >= 0.6 is 0 Å². The third-order valence-electron chi connectivity index (χ3n) is 4.59. The Labute approximate surface area is 126 Å². The average molecular weight is 279 g/mol. The van der Waals surface area contributed by atoms with E-state index in [4.69, 9.17) is 0 Å². The lowest BCUT2D eigenvalue weighted by Crippen LogP contribution is -2.45. The Bertz CT molecular complexity index is 612. The molecule has 2 heteroatoms. The monoisotopic (exact) mass is 279 g/mol. The number of hydrogen-bond acceptors (Lipinski definition) is 1. The summed E-state index contributed by atoms with van der Waals surface area (Å²) >= 11 is 0. The van der Waals surface area contributed by atoms with E-state index in [1.165, 1.54) is 5.56 Å². The van der Waals surface area contributed by atoms with Crippen LogP contribution in [-0.2, 0) is 16.6 Å². The molecule has 0 unspecified atom stereocenters. The number of nitrogens with one attached hydrogen (secondary N) is 1. The van der Waals surface area contributed by atoms with E-state index in [1.54, 1.807) is 0 Å². The first-order valence-corrected chi connectivity index (χ1v) is 7.70. The minimum atomic E-state index is -0.329. The Morgan fingerprint density at radius 1 is 1.05 bits per heavy atom. The highest BCUT2D eigenvalue weighted by Gasteiger charge is 2.45. The third-order valence-corrected chi connectivity index (χ3v) is 4.59. The zero-order valence-electron chi connectivity index (χ0n) is 12.4. The number of carbonyl (C=O) groups is 1. The molecule has 2 aromatic rings. The molecule has 2 aromatic carbocycles. The molecule has 108 valence electrons. The molecule has 1 aliphatic carbocycles. The number of rotatable bonds is 4. The number of carbonyl (C=O) groups excluding carboxylic acids is 1. The SMILES string of the molecule is CCc1ccc(NC(=O)C2(c3ccccc3)CCC2)cc1. The Hall–Kier alpha value is -2.09. The lowest BCUT2D eigenvalue weighted by Gasteiger charge is -2.40. The number of benzene rings is 2. The van der Waals surface area contributed by atoms with Crippen molar-refractivity contribution in [3.8, 4) is 0 Å². The van der Waals surface area contributed by atoms with Gasteiger partial charge in [0.15, 0.2) is 0 Å². The van der Waals surface area contributed by atoms with Crippen LogP contribution in [0.25, 0.3) is 0 Å². The van der Waals surface area contributed by atoms with Crippen LogP contribution in [0.3, 0.4) is 0 Å². The van der Waals surface area contributed by atoms with Gasteiger partial charge in [-0.05, 0) is 42.5 Å². The summed E-state index contributed by atoms with van der Waals surface area (Å²) < 4.78 is 0. The number of amides is 1. The van der Waals surface area contributed by atoms with Crippen LogP contribution in [0.4, 0.5) is 5.69 Å².